The Morgan fingerprint density at radius 1 is 1.39 bits per heavy atom. The molecule has 0 saturated carbocycles. The van der Waals surface area contributed by atoms with Gasteiger partial charge in [0.2, 0.25) is 5.91 Å². The molecule has 0 fully saturated rings. The van der Waals surface area contributed by atoms with Crippen molar-refractivity contribution in [2.75, 3.05) is 18.1 Å². The molecule has 1 aromatic carbocycles. The van der Waals surface area contributed by atoms with E-state index in [-0.39, 0.29) is 17.6 Å². The van der Waals surface area contributed by atoms with Gasteiger partial charge in [0, 0.05) is 12.3 Å². The zero-order chi connectivity index (χ0) is 13.0. The molecule has 1 amide bonds. The van der Waals surface area contributed by atoms with Gasteiger partial charge in [-0.1, -0.05) is 24.3 Å². The Bertz CT molecular complexity index is 461. The van der Waals surface area contributed by atoms with Crippen molar-refractivity contribution in [3.05, 3.63) is 35.4 Å². The number of aliphatic carboxylic acids is 1. The Kier molecular flexibility index (Phi) is 4.25. The second-order valence-corrected chi connectivity index (χ2v) is 5.30. The summed E-state index contributed by atoms with van der Waals surface area (Å²) < 4.78 is 0. The van der Waals surface area contributed by atoms with E-state index in [1.54, 1.807) is 0 Å². The van der Waals surface area contributed by atoms with Crippen molar-refractivity contribution in [3.8, 4) is 0 Å². The number of carbonyl (C=O) groups is 2. The standard InChI is InChI=1S/C13H15NO3S/c15-12(16)8-18-6-5-14-13(17)11-7-9-3-1-2-4-10(9)11/h1-4,11H,5-8H2,(H,14,17)(H,15,16). The molecule has 1 aliphatic carbocycles. The van der Waals surface area contributed by atoms with Gasteiger partial charge in [-0.25, -0.2) is 0 Å². The van der Waals surface area contributed by atoms with Gasteiger partial charge in [0.05, 0.1) is 11.7 Å². The number of rotatable bonds is 6. The highest BCUT2D eigenvalue weighted by Crippen LogP contribution is 2.34. The van der Waals surface area contributed by atoms with Gasteiger partial charge >= 0.3 is 5.97 Å². The smallest absolute Gasteiger partial charge is 0.313 e. The molecule has 18 heavy (non-hydrogen) atoms. The molecule has 0 heterocycles. The van der Waals surface area contributed by atoms with Gasteiger partial charge in [-0.3, -0.25) is 9.59 Å². The van der Waals surface area contributed by atoms with Crippen LogP contribution in [-0.2, 0) is 16.0 Å². The molecule has 4 nitrogen and oxygen atoms in total. The van der Waals surface area contributed by atoms with Gasteiger partial charge in [-0.2, -0.15) is 0 Å². The van der Waals surface area contributed by atoms with Gasteiger partial charge in [-0.05, 0) is 17.5 Å². The summed E-state index contributed by atoms with van der Waals surface area (Å²) in [7, 11) is 0. The summed E-state index contributed by atoms with van der Waals surface area (Å²) in [6.45, 7) is 0.523. The average molecular weight is 265 g/mol. The lowest BCUT2D eigenvalue weighted by Crippen LogP contribution is -2.36. The van der Waals surface area contributed by atoms with Gasteiger partial charge in [0.1, 0.15) is 0 Å². The van der Waals surface area contributed by atoms with E-state index in [1.165, 1.54) is 17.3 Å². The molecule has 1 atom stereocenters. The summed E-state index contributed by atoms with van der Waals surface area (Å²) in [5.74, 6) is -0.0799. The number of benzene rings is 1. The highest BCUT2D eigenvalue weighted by Gasteiger charge is 2.31. The summed E-state index contributed by atoms with van der Waals surface area (Å²) in [4.78, 5) is 22.1. The first-order chi connectivity index (χ1) is 8.68. The largest absolute Gasteiger partial charge is 0.481 e. The van der Waals surface area contributed by atoms with Gasteiger partial charge in [-0.15, -0.1) is 11.8 Å². The normalized spacial score (nSPS) is 16.6. The van der Waals surface area contributed by atoms with E-state index < -0.39 is 5.97 Å². The zero-order valence-corrected chi connectivity index (χ0v) is 10.7. The molecule has 1 aromatic rings. The lowest BCUT2D eigenvalue weighted by atomic mass is 9.77. The van der Waals surface area contributed by atoms with Crippen LogP contribution in [0.25, 0.3) is 0 Å². The summed E-state index contributed by atoms with van der Waals surface area (Å²) in [5, 5.41) is 11.3. The lowest BCUT2D eigenvalue weighted by Gasteiger charge is -2.28. The minimum atomic E-state index is -0.820. The molecule has 1 aliphatic rings. The van der Waals surface area contributed by atoms with Gasteiger partial charge < -0.3 is 10.4 Å². The monoisotopic (exact) mass is 265 g/mol. The number of thioether (sulfide) groups is 1. The number of hydrogen-bond donors (Lipinski definition) is 2. The maximum absolute atomic E-state index is 11.8. The number of hydrogen-bond acceptors (Lipinski definition) is 3. The first kappa shape index (κ1) is 13.0. The second kappa shape index (κ2) is 5.91. The minimum Gasteiger partial charge on any atom is -0.481 e. The molecule has 1 unspecified atom stereocenters. The molecule has 0 aromatic heterocycles. The summed E-state index contributed by atoms with van der Waals surface area (Å²) in [6.07, 6.45) is 0.810. The predicted molar refractivity (Wildman–Crippen MR) is 70.9 cm³/mol. The van der Waals surface area contributed by atoms with Crippen LogP contribution in [0.1, 0.15) is 17.0 Å². The van der Waals surface area contributed by atoms with Crippen LogP contribution in [0.3, 0.4) is 0 Å². The number of nitrogens with one attached hydrogen (secondary N) is 1. The molecule has 0 saturated heterocycles. The van der Waals surface area contributed by atoms with Crippen LogP contribution in [0.5, 0.6) is 0 Å². The second-order valence-electron chi connectivity index (χ2n) is 4.19. The average Bonchev–Trinajstić information content (AvgIpc) is 2.30. The molecule has 2 N–H and O–H groups in total. The fourth-order valence-electron chi connectivity index (χ4n) is 2.02. The quantitative estimate of drug-likeness (QED) is 0.760. The van der Waals surface area contributed by atoms with Crippen molar-refractivity contribution < 1.29 is 14.7 Å². The Morgan fingerprint density at radius 2 is 2.17 bits per heavy atom. The molecule has 0 bridgehead atoms. The topological polar surface area (TPSA) is 66.4 Å². The molecule has 96 valence electrons. The summed E-state index contributed by atoms with van der Waals surface area (Å²) in [5.41, 5.74) is 2.37. The molecule has 0 spiro atoms. The van der Waals surface area contributed by atoms with E-state index in [9.17, 15) is 9.59 Å². The van der Waals surface area contributed by atoms with Crippen molar-refractivity contribution in [2.24, 2.45) is 0 Å². The van der Waals surface area contributed by atoms with E-state index in [4.69, 9.17) is 5.11 Å². The first-order valence-electron chi connectivity index (χ1n) is 5.83. The minimum absolute atomic E-state index is 0.0225. The Morgan fingerprint density at radius 3 is 2.89 bits per heavy atom. The molecule has 2 rings (SSSR count). The van der Waals surface area contributed by atoms with E-state index >= 15 is 0 Å². The van der Waals surface area contributed by atoms with Gasteiger partial charge in [0.25, 0.3) is 0 Å². The molecule has 0 radical (unpaired) electrons. The number of amides is 1. The van der Waals surface area contributed by atoms with Crippen molar-refractivity contribution in [1.29, 1.82) is 0 Å². The van der Waals surface area contributed by atoms with Crippen LogP contribution < -0.4 is 5.32 Å². The zero-order valence-electron chi connectivity index (χ0n) is 9.89. The van der Waals surface area contributed by atoms with E-state index in [0.29, 0.717) is 12.3 Å². The number of carboxylic acids is 1. The maximum atomic E-state index is 11.8. The van der Waals surface area contributed by atoms with Crippen LogP contribution in [-0.4, -0.2) is 35.0 Å². The number of carbonyl (C=O) groups excluding carboxylic acids is 1. The summed E-state index contributed by atoms with van der Waals surface area (Å²) >= 11 is 1.31. The summed E-state index contributed by atoms with van der Waals surface area (Å²) in [6, 6.07) is 7.96. The van der Waals surface area contributed by atoms with Crippen LogP contribution >= 0.6 is 11.8 Å². The molecule has 0 aliphatic heterocycles. The van der Waals surface area contributed by atoms with Crippen LogP contribution in [0.4, 0.5) is 0 Å². The van der Waals surface area contributed by atoms with Crippen LogP contribution in [0, 0.1) is 0 Å². The van der Waals surface area contributed by atoms with Gasteiger partial charge in [0.15, 0.2) is 0 Å². The third-order valence-electron chi connectivity index (χ3n) is 2.94. The number of carboxylic acid groups (broad SMARTS) is 1. The Labute approximate surface area is 110 Å². The first-order valence-corrected chi connectivity index (χ1v) is 6.99. The van der Waals surface area contributed by atoms with Crippen molar-refractivity contribution in [3.63, 3.8) is 0 Å². The van der Waals surface area contributed by atoms with Crippen molar-refractivity contribution >= 4 is 23.6 Å². The third kappa shape index (κ3) is 3.04. The number of fused-ring (bicyclic) bond motifs is 1. The third-order valence-corrected chi connectivity index (χ3v) is 3.89. The predicted octanol–water partition coefficient (Wildman–Crippen LogP) is 1.26. The highest BCUT2D eigenvalue weighted by atomic mass is 32.2. The molecular formula is C13H15NO3S. The lowest BCUT2D eigenvalue weighted by molar-refractivity contribution is -0.133. The Balaban J connectivity index is 1.70. The van der Waals surface area contributed by atoms with E-state index in [1.807, 2.05) is 24.3 Å². The van der Waals surface area contributed by atoms with Crippen molar-refractivity contribution in [1.82, 2.24) is 5.32 Å². The highest BCUT2D eigenvalue weighted by molar-refractivity contribution is 7.99. The van der Waals surface area contributed by atoms with Crippen LogP contribution in [0.15, 0.2) is 24.3 Å². The SMILES string of the molecule is O=C(O)CSCCNC(=O)C1Cc2ccccc21. The fourth-order valence-corrected chi connectivity index (χ4v) is 2.59. The van der Waals surface area contributed by atoms with Crippen LogP contribution in [0.2, 0.25) is 0 Å². The maximum Gasteiger partial charge on any atom is 0.313 e. The van der Waals surface area contributed by atoms with E-state index in [2.05, 4.69) is 5.32 Å². The van der Waals surface area contributed by atoms with E-state index in [0.717, 1.165) is 12.0 Å². The molecular weight excluding hydrogens is 250 g/mol. The Hall–Kier alpha value is -1.49. The molecule has 5 heteroatoms. The van der Waals surface area contributed by atoms with Crippen molar-refractivity contribution in [2.45, 2.75) is 12.3 Å². The fraction of sp³-hybridized carbons (Fsp3) is 0.385.